The number of halogens is 2. The van der Waals surface area contributed by atoms with Gasteiger partial charge in [0.15, 0.2) is 0 Å². The van der Waals surface area contributed by atoms with Gasteiger partial charge in [0.25, 0.3) is 0 Å². The van der Waals surface area contributed by atoms with Gasteiger partial charge in [-0.25, -0.2) is 8.78 Å². The van der Waals surface area contributed by atoms with Crippen molar-refractivity contribution < 1.29 is 23.5 Å². The lowest BCUT2D eigenvalue weighted by Crippen LogP contribution is -2.39. The molecule has 2 N–H and O–H groups in total. The minimum atomic E-state index is -1.07. The second-order valence-corrected chi connectivity index (χ2v) is 5.74. The molecule has 0 spiro atoms. The number of carbonyl (C=O) groups excluding carboxylic acids is 1. The number of rotatable bonds is 6. The van der Waals surface area contributed by atoms with Crippen molar-refractivity contribution in [3.05, 3.63) is 35.4 Å². The van der Waals surface area contributed by atoms with Crippen LogP contribution in [0.3, 0.4) is 0 Å². The largest absolute Gasteiger partial charge is 0.481 e. The summed E-state index contributed by atoms with van der Waals surface area (Å²) in [6.07, 6.45) is -0.00173. The molecule has 116 valence electrons. The maximum Gasteiger partial charge on any atom is 0.310 e. The van der Waals surface area contributed by atoms with Crippen molar-refractivity contribution in [2.45, 2.75) is 33.1 Å². The number of amides is 1. The first-order chi connectivity index (χ1) is 9.63. The van der Waals surface area contributed by atoms with Crippen LogP contribution in [0.4, 0.5) is 8.78 Å². The van der Waals surface area contributed by atoms with Crippen LogP contribution in [0.1, 0.15) is 38.7 Å². The van der Waals surface area contributed by atoms with Crippen molar-refractivity contribution in [1.29, 1.82) is 0 Å². The molecule has 1 amide bonds. The van der Waals surface area contributed by atoms with Gasteiger partial charge in [-0.05, 0) is 31.4 Å². The van der Waals surface area contributed by atoms with E-state index in [0.29, 0.717) is 0 Å². The van der Waals surface area contributed by atoms with Gasteiger partial charge in [0.05, 0.1) is 5.41 Å². The van der Waals surface area contributed by atoms with Crippen LogP contribution in [0, 0.1) is 17.0 Å². The van der Waals surface area contributed by atoms with Crippen molar-refractivity contribution in [1.82, 2.24) is 5.32 Å². The van der Waals surface area contributed by atoms with E-state index in [2.05, 4.69) is 5.32 Å². The Balaban J connectivity index is 2.60. The normalized spacial score (nSPS) is 12.8. The van der Waals surface area contributed by atoms with Gasteiger partial charge in [0.2, 0.25) is 5.91 Å². The van der Waals surface area contributed by atoms with Gasteiger partial charge >= 0.3 is 5.97 Å². The minimum absolute atomic E-state index is 0.00173. The van der Waals surface area contributed by atoms with Gasteiger partial charge in [0.1, 0.15) is 11.6 Å². The Morgan fingerprint density at radius 2 is 1.95 bits per heavy atom. The van der Waals surface area contributed by atoms with E-state index in [1.54, 1.807) is 6.92 Å². The molecule has 21 heavy (non-hydrogen) atoms. The Hall–Kier alpha value is -1.98. The van der Waals surface area contributed by atoms with E-state index in [1.165, 1.54) is 19.9 Å². The maximum absolute atomic E-state index is 13.6. The third-order valence-electron chi connectivity index (χ3n) is 3.29. The van der Waals surface area contributed by atoms with Crippen LogP contribution in [0.2, 0.25) is 0 Å². The number of carbonyl (C=O) groups is 2. The zero-order chi connectivity index (χ0) is 16.2. The Kier molecular flexibility index (Phi) is 5.41. The number of hydrogen-bond acceptors (Lipinski definition) is 2. The Morgan fingerprint density at radius 1 is 1.33 bits per heavy atom. The summed E-state index contributed by atoms with van der Waals surface area (Å²) in [6, 6.07) is 3.22. The topological polar surface area (TPSA) is 66.4 Å². The molecule has 1 aromatic carbocycles. The Morgan fingerprint density at radius 3 is 2.48 bits per heavy atom. The monoisotopic (exact) mass is 299 g/mol. The summed E-state index contributed by atoms with van der Waals surface area (Å²) < 4.78 is 26.4. The first-order valence-electron chi connectivity index (χ1n) is 6.58. The van der Waals surface area contributed by atoms with E-state index in [0.717, 1.165) is 12.1 Å². The molecule has 4 nitrogen and oxygen atoms in total. The minimum Gasteiger partial charge on any atom is -0.481 e. The summed E-state index contributed by atoms with van der Waals surface area (Å²) in [5.74, 6) is -3.18. The van der Waals surface area contributed by atoms with E-state index >= 15 is 0 Å². The number of hydrogen-bond donors (Lipinski definition) is 2. The Labute approximate surface area is 122 Å². The number of nitrogens with one attached hydrogen (secondary N) is 1. The summed E-state index contributed by atoms with van der Waals surface area (Å²) in [5, 5.41) is 11.5. The van der Waals surface area contributed by atoms with Gasteiger partial charge in [-0.3, -0.25) is 9.59 Å². The van der Waals surface area contributed by atoms with Crippen LogP contribution in [-0.2, 0) is 9.59 Å². The van der Waals surface area contributed by atoms with E-state index in [9.17, 15) is 18.4 Å². The van der Waals surface area contributed by atoms with Crippen LogP contribution >= 0.6 is 0 Å². The van der Waals surface area contributed by atoms with Crippen LogP contribution < -0.4 is 5.32 Å². The molecule has 1 aromatic rings. The summed E-state index contributed by atoms with van der Waals surface area (Å²) in [7, 11) is 0. The van der Waals surface area contributed by atoms with Crippen molar-refractivity contribution in [2.75, 3.05) is 6.54 Å². The quantitative estimate of drug-likeness (QED) is 0.848. The van der Waals surface area contributed by atoms with Crippen LogP contribution in [-0.4, -0.2) is 23.5 Å². The molecule has 1 unspecified atom stereocenters. The zero-order valence-electron chi connectivity index (χ0n) is 12.2. The van der Waals surface area contributed by atoms with Gasteiger partial charge in [-0.2, -0.15) is 0 Å². The van der Waals surface area contributed by atoms with E-state index in [4.69, 9.17) is 5.11 Å². The summed E-state index contributed by atoms with van der Waals surface area (Å²) in [5.41, 5.74) is -0.816. The molecule has 0 bridgehead atoms. The molecule has 6 heteroatoms. The molecule has 0 radical (unpaired) electrons. The molecule has 0 aliphatic rings. The van der Waals surface area contributed by atoms with Crippen LogP contribution in [0.25, 0.3) is 0 Å². The third-order valence-corrected chi connectivity index (χ3v) is 3.29. The molecule has 0 fully saturated rings. The molecular weight excluding hydrogens is 280 g/mol. The lowest BCUT2D eigenvalue weighted by atomic mass is 9.93. The number of aliphatic carboxylic acids is 1. The molecule has 0 aromatic heterocycles. The van der Waals surface area contributed by atoms with Gasteiger partial charge < -0.3 is 10.4 Å². The number of carboxylic acids is 1. The predicted molar refractivity (Wildman–Crippen MR) is 73.8 cm³/mol. The SMILES string of the molecule is CC(CC(=O)NCC(C)(C)C(=O)O)c1ccc(F)cc1F. The summed E-state index contributed by atoms with van der Waals surface area (Å²) in [4.78, 5) is 22.7. The molecule has 0 heterocycles. The highest BCUT2D eigenvalue weighted by molar-refractivity contribution is 5.79. The number of carboxylic acid groups (broad SMARTS) is 1. The van der Waals surface area contributed by atoms with Crippen molar-refractivity contribution in [3.8, 4) is 0 Å². The standard InChI is InChI=1S/C15H19F2NO3/c1-9(11-5-4-10(16)7-12(11)17)6-13(19)18-8-15(2,3)14(20)21/h4-5,7,9H,6,8H2,1-3H3,(H,18,19)(H,20,21). The molecular formula is C15H19F2NO3. The van der Waals surface area contributed by atoms with E-state index < -0.39 is 28.9 Å². The van der Waals surface area contributed by atoms with Crippen LogP contribution in [0.15, 0.2) is 18.2 Å². The van der Waals surface area contributed by atoms with E-state index in [1.807, 2.05) is 0 Å². The Bertz CT molecular complexity index is 544. The van der Waals surface area contributed by atoms with E-state index in [-0.39, 0.29) is 24.4 Å². The number of benzene rings is 1. The van der Waals surface area contributed by atoms with Gasteiger partial charge in [-0.15, -0.1) is 0 Å². The second-order valence-electron chi connectivity index (χ2n) is 5.74. The lowest BCUT2D eigenvalue weighted by Gasteiger charge is -2.20. The van der Waals surface area contributed by atoms with Crippen LogP contribution in [0.5, 0.6) is 0 Å². The average Bonchev–Trinajstić information content (AvgIpc) is 2.36. The van der Waals surface area contributed by atoms with Crippen molar-refractivity contribution in [3.63, 3.8) is 0 Å². The molecule has 0 aliphatic carbocycles. The highest BCUT2D eigenvalue weighted by atomic mass is 19.1. The fraction of sp³-hybridized carbons (Fsp3) is 0.467. The molecule has 0 saturated carbocycles. The lowest BCUT2D eigenvalue weighted by molar-refractivity contribution is -0.146. The first kappa shape index (κ1) is 17.1. The predicted octanol–water partition coefficient (Wildman–Crippen LogP) is 2.69. The fourth-order valence-corrected chi connectivity index (χ4v) is 1.76. The smallest absolute Gasteiger partial charge is 0.310 e. The molecule has 0 saturated heterocycles. The van der Waals surface area contributed by atoms with Crippen molar-refractivity contribution >= 4 is 11.9 Å². The maximum atomic E-state index is 13.6. The average molecular weight is 299 g/mol. The molecule has 0 aliphatic heterocycles. The highest BCUT2D eigenvalue weighted by Gasteiger charge is 2.27. The van der Waals surface area contributed by atoms with Crippen molar-refractivity contribution in [2.24, 2.45) is 5.41 Å². The van der Waals surface area contributed by atoms with Gasteiger partial charge in [-0.1, -0.05) is 13.0 Å². The molecule has 1 rings (SSSR count). The third kappa shape index (κ3) is 4.81. The van der Waals surface area contributed by atoms with Gasteiger partial charge in [0, 0.05) is 19.0 Å². The highest BCUT2D eigenvalue weighted by Crippen LogP contribution is 2.23. The summed E-state index contributed by atoms with van der Waals surface area (Å²) >= 11 is 0. The second kappa shape index (κ2) is 6.65. The summed E-state index contributed by atoms with van der Waals surface area (Å²) in [6.45, 7) is 4.63. The fourth-order valence-electron chi connectivity index (χ4n) is 1.76. The molecule has 1 atom stereocenters. The zero-order valence-corrected chi connectivity index (χ0v) is 12.2. The first-order valence-corrected chi connectivity index (χ1v) is 6.58.